The van der Waals surface area contributed by atoms with Gasteiger partial charge < -0.3 is 5.32 Å². The topological polar surface area (TPSA) is 65.2 Å². The highest BCUT2D eigenvalue weighted by atomic mass is 32.2. The average molecular weight is 311 g/mol. The fraction of sp³-hybridized carbons (Fsp3) is 0.353. The normalized spacial score (nSPS) is 22.8. The van der Waals surface area contributed by atoms with Crippen molar-refractivity contribution in [2.75, 3.05) is 0 Å². The van der Waals surface area contributed by atoms with Crippen molar-refractivity contribution in [3.05, 3.63) is 40.3 Å². The zero-order valence-corrected chi connectivity index (χ0v) is 13.0. The van der Waals surface area contributed by atoms with Gasteiger partial charge in [-0.05, 0) is 48.4 Å². The molecule has 3 rings (SSSR count). The molecule has 112 valence electrons. The number of carbonyl (C=O) groups is 1. The number of aliphatic imine (C=N–C) groups is 1. The standard InChI is InChI=1S/C17H17N3OS/c18-11-13-6-4-5-12(9-13)10-15-16(21)20-17(22-15)19-14-7-2-1-3-8-14/h4-6,9-10,14H,1-3,7-8H2,(H,19,20,21)/b15-10+. The lowest BCUT2D eigenvalue weighted by atomic mass is 9.96. The summed E-state index contributed by atoms with van der Waals surface area (Å²) in [5.41, 5.74) is 1.45. The van der Waals surface area contributed by atoms with E-state index in [1.807, 2.05) is 18.2 Å². The Labute approximate surface area is 134 Å². The molecule has 0 radical (unpaired) electrons. The van der Waals surface area contributed by atoms with E-state index in [4.69, 9.17) is 5.26 Å². The van der Waals surface area contributed by atoms with E-state index >= 15 is 0 Å². The number of thioether (sulfide) groups is 1. The number of hydrogen-bond acceptors (Lipinski definition) is 4. The van der Waals surface area contributed by atoms with Crippen LogP contribution in [0.15, 0.2) is 34.2 Å². The molecule has 1 amide bonds. The van der Waals surface area contributed by atoms with Crippen LogP contribution in [0.25, 0.3) is 6.08 Å². The predicted molar refractivity (Wildman–Crippen MR) is 89.2 cm³/mol. The third kappa shape index (κ3) is 3.58. The first-order valence-corrected chi connectivity index (χ1v) is 8.35. The SMILES string of the molecule is N#Cc1cccc(/C=C2/SC(=NC3CCCCC3)NC2=O)c1. The lowest BCUT2D eigenvalue weighted by Crippen LogP contribution is -2.22. The van der Waals surface area contributed by atoms with E-state index in [0.717, 1.165) is 18.4 Å². The van der Waals surface area contributed by atoms with Gasteiger partial charge in [0.05, 0.1) is 22.6 Å². The van der Waals surface area contributed by atoms with Crippen molar-refractivity contribution >= 4 is 28.9 Å². The van der Waals surface area contributed by atoms with Gasteiger partial charge in [0.2, 0.25) is 0 Å². The molecule has 2 fully saturated rings. The van der Waals surface area contributed by atoms with Crippen molar-refractivity contribution in [2.45, 2.75) is 38.1 Å². The molecule has 1 saturated carbocycles. The van der Waals surface area contributed by atoms with Crippen LogP contribution in [-0.4, -0.2) is 17.1 Å². The van der Waals surface area contributed by atoms with E-state index in [9.17, 15) is 4.79 Å². The molecule has 4 nitrogen and oxygen atoms in total. The second kappa shape index (κ2) is 6.80. The van der Waals surface area contributed by atoms with Gasteiger partial charge in [-0.1, -0.05) is 31.4 Å². The van der Waals surface area contributed by atoms with Gasteiger partial charge in [0.15, 0.2) is 5.17 Å². The molecule has 2 aliphatic rings. The highest BCUT2D eigenvalue weighted by molar-refractivity contribution is 8.18. The number of nitrogens with one attached hydrogen (secondary N) is 1. The van der Waals surface area contributed by atoms with Gasteiger partial charge in [0, 0.05) is 0 Å². The lowest BCUT2D eigenvalue weighted by Gasteiger charge is -2.17. The van der Waals surface area contributed by atoms with Crippen LogP contribution in [0.3, 0.4) is 0 Å². The summed E-state index contributed by atoms with van der Waals surface area (Å²) in [5, 5.41) is 12.5. The number of hydrogen-bond donors (Lipinski definition) is 1. The lowest BCUT2D eigenvalue weighted by molar-refractivity contribution is -0.115. The number of nitrogens with zero attached hydrogens (tertiary/aromatic N) is 2. The summed E-state index contributed by atoms with van der Waals surface area (Å²) in [6.07, 6.45) is 7.78. The fourth-order valence-corrected chi connectivity index (χ4v) is 3.61. The molecule has 0 aromatic heterocycles. The molecule has 1 aromatic carbocycles. The number of amides is 1. The second-order valence-electron chi connectivity index (χ2n) is 5.53. The summed E-state index contributed by atoms with van der Waals surface area (Å²) in [6.45, 7) is 0. The number of rotatable bonds is 2. The predicted octanol–water partition coefficient (Wildman–Crippen LogP) is 3.45. The Morgan fingerprint density at radius 2 is 2.14 bits per heavy atom. The molecule has 0 atom stereocenters. The maximum atomic E-state index is 12.0. The fourth-order valence-electron chi connectivity index (χ4n) is 2.71. The van der Waals surface area contributed by atoms with E-state index in [2.05, 4.69) is 16.4 Å². The molecule has 0 unspecified atom stereocenters. The number of carbonyl (C=O) groups excluding carboxylic acids is 1. The maximum absolute atomic E-state index is 12.0. The van der Waals surface area contributed by atoms with Gasteiger partial charge in [-0.25, -0.2) is 0 Å². The molecule has 0 bridgehead atoms. The van der Waals surface area contributed by atoms with Crippen LogP contribution in [0, 0.1) is 11.3 Å². The van der Waals surface area contributed by atoms with Gasteiger partial charge in [0.25, 0.3) is 5.91 Å². The number of amidine groups is 1. The van der Waals surface area contributed by atoms with Gasteiger partial charge in [-0.15, -0.1) is 0 Å². The minimum atomic E-state index is -0.109. The summed E-state index contributed by atoms with van der Waals surface area (Å²) in [7, 11) is 0. The minimum absolute atomic E-state index is 0.109. The minimum Gasteiger partial charge on any atom is -0.301 e. The first-order chi connectivity index (χ1) is 10.7. The molecular formula is C17H17N3OS. The van der Waals surface area contributed by atoms with Gasteiger partial charge in [0.1, 0.15) is 0 Å². The molecule has 1 aliphatic heterocycles. The smallest absolute Gasteiger partial charge is 0.264 e. The third-order valence-electron chi connectivity index (χ3n) is 3.84. The Kier molecular flexibility index (Phi) is 4.59. The van der Waals surface area contributed by atoms with Crippen LogP contribution in [0.4, 0.5) is 0 Å². The Morgan fingerprint density at radius 3 is 2.91 bits per heavy atom. The van der Waals surface area contributed by atoms with E-state index in [1.54, 1.807) is 12.1 Å². The van der Waals surface area contributed by atoms with E-state index in [0.29, 0.717) is 21.7 Å². The van der Waals surface area contributed by atoms with Crippen molar-refractivity contribution in [2.24, 2.45) is 4.99 Å². The number of benzene rings is 1. The summed E-state index contributed by atoms with van der Waals surface area (Å²) in [4.78, 5) is 17.3. The van der Waals surface area contributed by atoms with Crippen LogP contribution in [0.2, 0.25) is 0 Å². The Bertz CT molecular complexity index is 681. The summed E-state index contributed by atoms with van der Waals surface area (Å²) < 4.78 is 0. The number of nitriles is 1. The van der Waals surface area contributed by atoms with Crippen LogP contribution in [-0.2, 0) is 4.79 Å². The largest absolute Gasteiger partial charge is 0.301 e. The summed E-state index contributed by atoms with van der Waals surface area (Å²) in [5.74, 6) is -0.109. The van der Waals surface area contributed by atoms with Crippen molar-refractivity contribution in [3.8, 4) is 6.07 Å². The zero-order valence-electron chi connectivity index (χ0n) is 12.2. The summed E-state index contributed by atoms with van der Waals surface area (Å²) >= 11 is 1.39. The molecular weight excluding hydrogens is 294 g/mol. The van der Waals surface area contributed by atoms with E-state index in [1.165, 1.54) is 31.0 Å². The Morgan fingerprint density at radius 1 is 1.32 bits per heavy atom. The first kappa shape index (κ1) is 14.9. The monoisotopic (exact) mass is 311 g/mol. The van der Waals surface area contributed by atoms with Gasteiger partial charge >= 0.3 is 0 Å². The molecule has 1 saturated heterocycles. The zero-order chi connectivity index (χ0) is 15.4. The third-order valence-corrected chi connectivity index (χ3v) is 4.76. The molecule has 22 heavy (non-hydrogen) atoms. The van der Waals surface area contributed by atoms with Crippen LogP contribution < -0.4 is 5.32 Å². The van der Waals surface area contributed by atoms with Crippen LogP contribution >= 0.6 is 11.8 Å². The van der Waals surface area contributed by atoms with Crippen molar-refractivity contribution < 1.29 is 4.79 Å². The van der Waals surface area contributed by atoms with Crippen molar-refractivity contribution in [3.63, 3.8) is 0 Å². The molecule has 1 heterocycles. The van der Waals surface area contributed by atoms with E-state index in [-0.39, 0.29) is 5.91 Å². The average Bonchev–Trinajstić information content (AvgIpc) is 2.88. The highest BCUT2D eigenvalue weighted by Gasteiger charge is 2.25. The Balaban J connectivity index is 1.75. The Hall–Kier alpha value is -2.06. The maximum Gasteiger partial charge on any atom is 0.264 e. The van der Waals surface area contributed by atoms with Crippen molar-refractivity contribution in [1.29, 1.82) is 5.26 Å². The highest BCUT2D eigenvalue weighted by Crippen LogP contribution is 2.28. The van der Waals surface area contributed by atoms with Crippen molar-refractivity contribution in [1.82, 2.24) is 5.32 Å². The van der Waals surface area contributed by atoms with Gasteiger partial charge in [-0.3, -0.25) is 9.79 Å². The molecule has 1 aromatic rings. The molecule has 0 spiro atoms. The second-order valence-corrected chi connectivity index (χ2v) is 6.56. The van der Waals surface area contributed by atoms with Gasteiger partial charge in [-0.2, -0.15) is 5.26 Å². The first-order valence-electron chi connectivity index (χ1n) is 7.53. The molecule has 5 heteroatoms. The molecule has 1 aliphatic carbocycles. The molecule has 1 N–H and O–H groups in total. The van der Waals surface area contributed by atoms with E-state index < -0.39 is 0 Å². The van der Waals surface area contributed by atoms with Crippen LogP contribution in [0.5, 0.6) is 0 Å². The summed E-state index contributed by atoms with van der Waals surface area (Å²) in [6, 6.07) is 9.68. The quantitative estimate of drug-likeness (QED) is 0.851. The van der Waals surface area contributed by atoms with Crippen LogP contribution in [0.1, 0.15) is 43.2 Å².